The molecule has 10 nitrogen and oxygen atoms in total. The van der Waals surface area contributed by atoms with Crippen molar-refractivity contribution in [3.63, 3.8) is 0 Å². The number of aliphatic hydroxyl groups excluding tert-OH is 1. The number of thiazole rings is 1. The number of esters is 1. The van der Waals surface area contributed by atoms with Gasteiger partial charge >= 0.3 is 11.9 Å². The average Bonchev–Trinajstić information content (AvgIpc) is 3.51. The molecule has 2 heterocycles. The fourth-order valence-electron chi connectivity index (χ4n) is 4.53. The Kier molecular flexibility index (Phi) is 10.2. The maximum atomic E-state index is 13.6. The number of Topliss-reactive ketones (excluding diaryl/α,β-unsaturated/α-hetero) is 1. The number of aryl methyl sites for hydroxylation is 1. The van der Waals surface area contributed by atoms with Crippen LogP contribution in [0.1, 0.15) is 59.7 Å². The molecule has 11 heteroatoms. The number of rotatable bonds is 13. The van der Waals surface area contributed by atoms with Crippen LogP contribution in [0.3, 0.4) is 0 Å². The van der Waals surface area contributed by atoms with Gasteiger partial charge in [-0.1, -0.05) is 37.0 Å². The number of aromatic nitrogens is 1. The summed E-state index contributed by atoms with van der Waals surface area (Å²) < 4.78 is 22.3. The molecule has 4 rings (SSSR count). The number of carbonyl (C=O) groups is 3. The third-order valence-electron chi connectivity index (χ3n) is 6.44. The van der Waals surface area contributed by atoms with Crippen LogP contribution in [0.15, 0.2) is 60.7 Å². The smallest absolute Gasteiger partial charge is 0.350 e. The second-order valence-corrected chi connectivity index (χ2v) is 10.4. The van der Waals surface area contributed by atoms with Gasteiger partial charge in [0.25, 0.3) is 5.78 Å². The van der Waals surface area contributed by atoms with Gasteiger partial charge in [-0.15, -0.1) is 0 Å². The standard InChI is InChI=1S/C32H34N2O8S/c1-6-16-41-22-13-10-20(11-14-22)27(35)25-26(21-12-15-23(42-17-7-2)24(18-21)39-8-3)34(30(37)28(25)36)32-33-19(5)29(43-32)31(38)40-9-4/h7,10-15,18,26,35H,2,6,8-9,16-17H2,1,3-5H3. The Balaban J connectivity index is 1.89. The topological polar surface area (TPSA) is 124 Å². The number of hydrogen-bond acceptors (Lipinski definition) is 10. The molecule has 1 amide bonds. The zero-order valence-corrected chi connectivity index (χ0v) is 25.4. The number of nitrogens with zero attached hydrogens (tertiary/aromatic N) is 2. The van der Waals surface area contributed by atoms with Gasteiger partial charge in [-0.05, 0) is 69.2 Å². The van der Waals surface area contributed by atoms with Crippen LogP contribution in [0.4, 0.5) is 5.13 Å². The Hall–Kier alpha value is -4.64. The first-order chi connectivity index (χ1) is 20.7. The monoisotopic (exact) mass is 606 g/mol. The minimum absolute atomic E-state index is 0.111. The highest BCUT2D eigenvalue weighted by molar-refractivity contribution is 7.17. The fraction of sp³-hybridized carbons (Fsp3) is 0.312. The number of hydrogen-bond donors (Lipinski definition) is 1. The number of amides is 1. The van der Waals surface area contributed by atoms with Gasteiger partial charge in [-0.2, -0.15) is 0 Å². The highest BCUT2D eigenvalue weighted by atomic mass is 32.1. The summed E-state index contributed by atoms with van der Waals surface area (Å²) in [4.78, 5) is 45.7. The Bertz CT molecular complexity index is 1540. The molecule has 0 saturated carbocycles. The Labute approximate surface area is 254 Å². The third-order valence-corrected chi connectivity index (χ3v) is 7.57. The molecule has 1 atom stereocenters. The van der Waals surface area contributed by atoms with Crippen LogP contribution in [0.2, 0.25) is 0 Å². The zero-order valence-electron chi connectivity index (χ0n) is 24.5. The van der Waals surface area contributed by atoms with Gasteiger partial charge in [0.05, 0.1) is 37.1 Å². The van der Waals surface area contributed by atoms with Crippen LogP contribution in [0.5, 0.6) is 17.2 Å². The van der Waals surface area contributed by atoms with Gasteiger partial charge < -0.3 is 24.1 Å². The summed E-state index contributed by atoms with van der Waals surface area (Å²) in [5, 5.41) is 11.6. The predicted octanol–water partition coefficient (Wildman–Crippen LogP) is 6.01. The lowest BCUT2D eigenvalue weighted by Gasteiger charge is -2.24. The average molecular weight is 607 g/mol. The van der Waals surface area contributed by atoms with Gasteiger partial charge in [-0.25, -0.2) is 9.78 Å². The molecular weight excluding hydrogens is 572 g/mol. The lowest BCUT2D eigenvalue weighted by molar-refractivity contribution is -0.132. The van der Waals surface area contributed by atoms with E-state index in [1.807, 2.05) is 13.8 Å². The lowest BCUT2D eigenvalue weighted by atomic mass is 9.95. The normalized spacial score (nSPS) is 15.8. The molecule has 1 unspecified atom stereocenters. The van der Waals surface area contributed by atoms with E-state index in [4.69, 9.17) is 18.9 Å². The van der Waals surface area contributed by atoms with Crippen LogP contribution in [-0.4, -0.2) is 54.2 Å². The van der Waals surface area contributed by atoms with E-state index in [0.717, 1.165) is 17.8 Å². The number of benzene rings is 2. The van der Waals surface area contributed by atoms with Gasteiger partial charge in [0, 0.05) is 5.56 Å². The van der Waals surface area contributed by atoms with E-state index in [2.05, 4.69) is 11.6 Å². The number of carbonyl (C=O) groups excluding carboxylic acids is 3. The molecule has 0 bridgehead atoms. The molecule has 3 aromatic rings. The SMILES string of the molecule is C=CCOc1ccc(C2C(=C(O)c3ccc(OCCC)cc3)C(=O)C(=O)N2c2nc(C)c(C(=O)OCC)s2)cc1OCC. The second-order valence-electron chi connectivity index (χ2n) is 9.41. The van der Waals surface area contributed by atoms with Gasteiger partial charge in [0.1, 0.15) is 23.0 Å². The third kappa shape index (κ3) is 6.56. The number of ether oxygens (including phenoxy) is 4. The second kappa shape index (κ2) is 14.0. The summed E-state index contributed by atoms with van der Waals surface area (Å²) in [5.41, 5.74) is 0.999. The number of ketones is 1. The molecule has 1 fully saturated rings. The van der Waals surface area contributed by atoms with Crippen molar-refractivity contribution in [2.45, 2.75) is 40.2 Å². The largest absolute Gasteiger partial charge is 0.507 e. The fourth-order valence-corrected chi connectivity index (χ4v) is 5.52. The van der Waals surface area contributed by atoms with Crippen LogP contribution in [-0.2, 0) is 14.3 Å². The van der Waals surface area contributed by atoms with E-state index in [-0.39, 0.29) is 34.6 Å². The highest BCUT2D eigenvalue weighted by Gasteiger charge is 2.48. The number of anilines is 1. The summed E-state index contributed by atoms with van der Waals surface area (Å²) in [6.45, 7) is 12.1. The maximum Gasteiger partial charge on any atom is 0.350 e. The van der Waals surface area contributed by atoms with Gasteiger partial charge in [0.15, 0.2) is 16.6 Å². The first kappa shape index (κ1) is 31.3. The molecule has 1 saturated heterocycles. The molecule has 226 valence electrons. The van der Waals surface area contributed by atoms with Crippen molar-refractivity contribution in [1.29, 1.82) is 0 Å². The first-order valence-corrected chi connectivity index (χ1v) is 14.8. The molecule has 0 aliphatic carbocycles. The van der Waals surface area contributed by atoms with E-state index in [0.29, 0.717) is 47.3 Å². The Morgan fingerprint density at radius 3 is 2.44 bits per heavy atom. The van der Waals surface area contributed by atoms with Crippen LogP contribution in [0.25, 0.3) is 5.76 Å². The van der Waals surface area contributed by atoms with Gasteiger partial charge in [-0.3, -0.25) is 14.5 Å². The van der Waals surface area contributed by atoms with Crippen molar-refractivity contribution < 1.29 is 38.4 Å². The van der Waals surface area contributed by atoms with Crippen LogP contribution >= 0.6 is 11.3 Å². The quantitative estimate of drug-likeness (QED) is 0.0819. The summed E-state index contributed by atoms with van der Waals surface area (Å²) in [6.07, 6.45) is 2.43. The molecule has 43 heavy (non-hydrogen) atoms. The van der Waals surface area contributed by atoms with Crippen LogP contribution < -0.4 is 19.1 Å². The molecule has 1 aliphatic heterocycles. The minimum Gasteiger partial charge on any atom is -0.507 e. The minimum atomic E-state index is -1.09. The summed E-state index contributed by atoms with van der Waals surface area (Å²) in [5.74, 6) is -1.31. The molecule has 1 aromatic heterocycles. The van der Waals surface area contributed by atoms with Crippen molar-refractivity contribution in [3.05, 3.63) is 82.4 Å². The molecular formula is C32H34N2O8S. The van der Waals surface area contributed by atoms with E-state index in [9.17, 15) is 19.5 Å². The first-order valence-electron chi connectivity index (χ1n) is 13.9. The number of aliphatic hydroxyl groups is 1. The summed E-state index contributed by atoms with van der Waals surface area (Å²) in [7, 11) is 0. The maximum absolute atomic E-state index is 13.6. The van der Waals surface area contributed by atoms with Crippen molar-refractivity contribution in [1.82, 2.24) is 4.98 Å². The Morgan fingerprint density at radius 1 is 1.05 bits per heavy atom. The Morgan fingerprint density at radius 2 is 1.79 bits per heavy atom. The molecule has 0 radical (unpaired) electrons. The highest BCUT2D eigenvalue weighted by Crippen LogP contribution is 2.45. The predicted molar refractivity (Wildman–Crippen MR) is 163 cm³/mol. The van der Waals surface area contributed by atoms with E-state index in [1.54, 1.807) is 62.4 Å². The van der Waals surface area contributed by atoms with Crippen molar-refractivity contribution >= 4 is 39.9 Å². The van der Waals surface area contributed by atoms with Crippen molar-refractivity contribution in [2.24, 2.45) is 0 Å². The van der Waals surface area contributed by atoms with Crippen molar-refractivity contribution in [3.8, 4) is 17.2 Å². The summed E-state index contributed by atoms with van der Waals surface area (Å²) in [6, 6.07) is 10.5. The van der Waals surface area contributed by atoms with E-state index < -0.39 is 23.7 Å². The zero-order chi connectivity index (χ0) is 31.1. The lowest BCUT2D eigenvalue weighted by Crippen LogP contribution is -2.29. The summed E-state index contributed by atoms with van der Waals surface area (Å²) >= 11 is 0.936. The van der Waals surface area contributed by atoms with E-state index in [1.165, 1.54) is 4.90 Å². The van der Waals surface area contributed by atoms with Crippen molar-refractivity contribution in [2.75, 3.05) is 31.3 Å². The molecule has 2 aromatic carbocycles. The molecule has 0 spiro atoms. The van der Waals surface area contributed by atoms with Crippen LogP contribution in [0, 0.1) is 6.92 Å². The molecule has 1 N–H and O–H groups in total. The molecule has 1 aliphatic rings. The van der Waals surface area contributed by atoms with Gasteiger partial charge in [0.2, 0.25) is 0 Å². The van der Waals surface area contributed by atoms with E-state index >= 15 is 0 Å².